The molecular formula is C27H26FNO5. The Bertz CT molecular complexity index is 1180. The van der Waals surface area contributed by atoms with Gasteiger partial charge in [-0.1, -0.05) is 54.1 Å². The van der Waals surface area contributed by atoms with Crippen molar-refractivity contribution >= 4 is 11.9 Å². The molecule has 0 saturated heterocycles. The average Bonchev–Trinajstić information content (AvgIpc) is 2.83. The molecule has 1 amide bonds. The van der Waals surface area contributed by atoms with Crippen molar-refractivity contribution in [3.05, 3.63) is 100 Å². The van der Waals surface area contributed by atoms with Gasteiger partial charge in [-0.2, -0.15) is 0 Å². The summed E-state index contributed by atoms with van der Waals surface area (Å²) in [5.41, 5.74) is 4.41. The van der Waals surface area contributed by atoms with Gasteiger partial charge in [0.1, 0.15) is 18.2 Å². The Hall–Kier alpha value is -3.71. The van der Waals surface area contributed by atoms with E-state index in [0.717, 1.165) is 22.3 Å². The molecule has 0 fully saturated rings. The third-order valence-electron chi connectivity index (χ3n) is 5.84. The van der Waals surface area contributed by atoms with Crippen molar-refractivity contribution in [2.45, 2.75) is 26.0 Å². The Balaban J connectivity index is 1.61. The lowest BCUT2D eigenvalue weighted by Crippen LogP contribution is -2.42. The second kappa shape index (κ2) is 10.5. The maximum atomic E-state index is 14.3. The van der Waals surface area contributed by atoms with Crippen LogP contribution in [0.1, 0.15) is 33.9 Å². The minimum Gasteiger partial charge on any atom is -0.482 e. The molecule has 0 aromatic heterocycles. The fourth-order valence-corrected chi connectivity index (χ4v) is 4.20. The fourth-order valence-electron chi connectivity index (χ4n) is 4.20. The highest BCUT2D eigenvalue weighted by atomic mass is 19.1. The predicted octanol–water partition coefficient (Wildman–Crippen LogP) is 4.29. The summed E-state index contributed by atoms with van der Waals surface area (Å²) in [4.78, 5) is 26.0. The zero-order valence-electron chi connectivity index (χ0n) is 18.9. The van der Waals surface area contributed by atoms with Crippen LogP contribution in [0.5, 0.6) is 5.75 Å². The van der Waals surface area contributed by atoms with Crippen molar-refractivity contribution in [1.29, 1.82) is 0 Å². The second-order valence-corrected chi connectivity index (χ2v) is 8.28. The third-order valence-corrected chi connectivity index (χ3v) is 5.84. The van der Waals surface area contributed by atoms with E-state index in [1.165, 1.54) is 18.2 Å². The largest absolute Gasteiger partial charge is 0.482 e. The van der Waals surface area contributed by atoms with E-state index in [9.17, 15) is 14.0 Å². The van der Waals surface area contributed by atoms with Gasteiger partial charge in [0.15, 0.2) is 6.61 Å². The molecule has 0 aliphatic carbocycles. The van der Waals surface area contributed by atoms with Gasteiger partial charge in [0, 0.05) is 12.1 Å². The first kappa shape index (κ1) is 23.4. The van der Waals surface area contributed by atoms with Gasteiger partial charge in [-0.3, -0.25) is 4.79 Å². The van der Waals surface area contributed by atoms with Crippen molar-refractivity contribution in [2.24, 2.45) is 0 Å². The number of halogens is 1. The van der Waals surface area contributed by atoms with Crippen LogP contribution in [0.4, 0.5) is 4.39 Å². The lowest BCUT2D eigenvalue weighted by atomic mass is 9.87. The molecule has 0 radical (unpaired) electrons. The van der Waals surface area contributed by atoms with Crippen LogP contribution in [0.2, 0.25) is 0 Å². The summed E-state index contributed by atoms with van der Waals surface area (Å²) in [5, 5.41) is 9.05. The number of aryl methyl sites for hydroxylation is 1. The van der Waals surface area contributed by atoms with Crippen LogP contribution in [0.15, 0.2) is 66.7 Å². The van der Waals surface area contributed by atoms with Crippen LogP contribution in [0.25, 0.3) is 0 Å². The predicted molar refractivity (Wildman–Crippen MR) is 124 cm³/mol. The van der Waals surface area contributed by atoms with Crippen LogP contribution in [0, 0.1) is 12.7 Å². The molecule has 1 heterocycles. The summed E-state index contributed by atoms with van der Waals surface area (Å²) in [5.74, 6) is -1.65. The number of carbonyl (C=O) groups excluding carboxylic acids is 1. The molecular weight excluding hydrogens is 437 g/mol. The van der Waals surface area contributed by atoms with Crippen LogP contribution >= 0.6 is 0 Å². The number of hydrogen-bond donors (Lipinski definition) is 1. The first-order valence-electron chi connectivity index (χ1n) is 11.1. The average molecular weight is 464 g/mol. The Morgan fingerprint density at radius 3 is 2.56 bits per heavy atom. The summed E-state index contributed by atoms with van der Waals surface area (Å²) in [6.45, 7) is 2.02. The SMILES string of the molecule is Cc1ccc(COCC(=O)N2CCc3ccccc3C2c2cc(F)ccc2OCC(=O)O)cc1. The van der Waals surface area contributed by atoms with Gasteiger partial charge in [-0.05, 0) is 48.2 Å². The second-order valence-electron chi connectivity index (χ2n) is 8.28. The van der Waals surface area contributed by atoms with E-state index in [1.807, 2.05) is 55.5 Å². The fraction of sp³-hybridized carbons (Fsp3) is 0.259. The van der Waals surface area contributed by atoms with Crippen molar-refractivity contribution in [3.8, 4) is 5.75 Å². The Morgan fingerprint density at radius 1 is 1.03 bits per heavy atom. The Morgan fingerprint density at radius 2 is 1.79 bits per heavy atom. The highest BCUT2D eigenvalue weighted by molar-refractivity contribution is 5.79. The third kappa shape index (κ3) is 5.43. The highest BCUT2D eigenvalue weighted by Gasteiger charge is 2.34. The van der Waals surface area contributed by atoms with Crippen LogP contribution < -0.4 is 4.74 Å². The van der Waals surface area contributed by atoms with Crippen molar-refractivity contribution in [1.82, 2.24) is 4.90 Å². The molecule has 1 unspecified atom stereocenters. The van der Waals surface area contributed by atoms with Gasteiger partial charge in [0.25, 0.3) is 0 Å². The molecule has 1 atom stereocenters. The van der Waals surface area contributed by atoms with E-state index in [1.54, 1.807) is 4.90 Å². The maximum Gasteiger partial charge on any atom is 0.341 e. The number of carboxylic acids is 1. The summed E-state index contributed by atoms with van der Waals surface area (Å²) in [6, 6.07) is 18.9. The molecule has 1 N–H and O–H groups in total. The van der Waals surface area contributed by atoms with Crippen LogP contribution in [-0.4, -0.2) is 41.6 Å². The molecule has 0 bridgehead atoms. The Labute approximate surface area is 197 Å². The molecule has 0 spiro atoms. The molecule has 6 nitrogen and oxygen atoms in total. The lowest BCUT2D eigenvalue weighted by Gasteiger charge is -2.38. The number of carboxylic acid groups (broad SMARTS) is 1. The summed E-state index contributed by atoms with van der Waals surface area (Å²) < 4.78 is 25.5. The van der Waals surface area contributed by atoms with Gasteiger partial charge >= 0.3 is 5.97 Å². The summed E-state index contributed by atoms with van der Waals surface area (Å²) in [7, 11) is 0. The molecule has 176 valence electrons. The summed E-state index contributed by atoms with van der Waals surface area (Å²) >= 11 is 0. The van der Waals surface area contributed by atoms with Gasteiger partial charge < -0.3 is 19.5 Å². The van der Waals surface area contributed by atoms with Crippen LogP contribution in [-0.2, 0) is 27.4 Å². The monoisotopic (exact) mass is 463 g/mol. The minimum atomic E-state index is -1.14. The molecule has 7 heteroatoms. The van der Waals surface area contributed by atoms with E-state index in [2.05, 4.69) is 0 Å². The maximum absolute atomic E-state index is 14.3. The first-order chi connectivity index (χ1) is 16.4. The number of benzene rings is 3. The topological polar surface area (TPSA) is 76.1 Å². The van der Waals surface area contributed by atoms with E-state index >= 15 is 0 Å². The molecule has 1 aliphatic rings. The normalized spacial score (nSPS) is 15.0. The molecule has 4 rings (SSSR count). The molecule has 3 aromatic carbocycles. The smallest absolute Gasteiger partial charge is 0.341 e. The van der Waals surface area contributed by atoms with Gasteiger partial charge in [-0.15, -0.1) is 0 Å². The van der Waals surface area contributed by atoms with Crippen molar-refractivity contribution < 1.29 is 28.6 Å². The lowest BCUT2D eigenvalue weighted by molar-refractivity contribution is -0.140. The molecule has 34 heavy (non-hydrogen) atoms. The number of nitrogens with zero attached hydrogens (tertiary/aromatic N) is 1. The number of ether oxygens (including phenoxy) is 2. The number of carbonyl (C=O) groups is 2. The van der Waals surface area contributed by atoms with E-state index in [0.29, 0.717) is 25.1 Å². The van der Waals surface area contributed by atoms with E-state index < -0.39 is 24.4 Å². The van der Waals surface area contributed by atoms with Gasteiger partial charge in [-0.25, -0.2) is 9.18 Å². The highest BCUT2D eigenvalue weighted by Crippen LogP contribution is 2.39. The quantitative estimate of drug-likeness (QED) is 0.540. The molecule has 0 saturated carbocycles. The molecule has 3 aromatic rings. The number of rotatable bonds is 8. The summed E-state index contributed by atoms with van der Waals surface area (Å²) in [6.07, 6.45) is 0.650. The van der Waals surface area contributed by atoms with Crippen molar-refractivity contribution in [2.75, 3.05) is 19.8 Å². The standard InChI is InChI=1S/C27H26FNO5/c1-18-6-8-19(9-7-18)15-33-16-25(30)29-13-12-20-4-2-3-5-22(20)27(29)23-14-21(28)10-11-24(23)34-17-26(31)32/h2-11,14,27H,12-13,15-17H2,1H3,(H,31,32). The van der Waals surface area contributed by atoms with Crippen molar-refractivity contribution in [3.63, 3.8) is 0 Å². The van der Waals surface area contributed by atoms with Gasteiger partial charge in [0.05, 0.1) is 12.6 Å². The molecule has 1 aliphatic heterocycles. The Kier molecular flexibility index (Phi) is 7.23. The van der Waals surface area contributed by atoms with E-state index in [-0.39, 0.29) is 18.3 Å². The van der Waals surface area contributed by atoms with Gasteiger partial charge in [0.2, 0.25) is 5.91 Å². The first-order valence-corrected chi connectivity index (χ1v) is 11.1. The minimum absolute atomic E-state index is 0.132. The number of hydrogen-bond acceptors (Lipinski definition) is 4. The number of fused-ring (bicyclic) bond motifs is 1. The van der Waals surface area contributed by atoms with Crippen LogP contribution in [0.3, 0.4) is 0 Å². The zero-order chi connectivity index (χ0) is 24.1. The number of aliphatic carboxylic acids is 1. The van der Waals surface area contributed by atoms with E-state index in [4.69, 9.17) is 14.6 Å². The number of amides is 1. The zero-order valence-corrected chi connectivity index (χ0v) is 18.9.